The first-order chi connectivity index (χ1) is 8.55. The summed E-state index contributed by atoms with van der Waals surface area (Å²) in [7, 11) is 0. The highest BCUT2D eigenvalue weighted by Gasteiger charge is 2.37. The number of ether oxygens (including phenoxy) is 1. The van der Waals surface area contributed by atoms with Crippen LogP contribution < -0.4 is 5.32 Å². The summed E-state index contributed by atoms with van der Waals surface area (Å²) in [6, 6.07) is 6.78. The van der Waals surface area contributed by atoms with Crippen molar-refractivity contribution in [3.63, 3.8) is 0 Å². The van der Waals surface area contributed by atoms with Crippen LogP contribution in [0.2, 0.25) is 5.02 Å². The maximum Gasteiger partial charge on any atom is 0.256 e. The van der Waals surface area contributed by atoms with Gasteiger partial charge >= 0.3 is 0 Å². The average molecular weight is 265 g/mol. The standard InChI is InChI=1S/C13H13ClN2O2/c1-13(5-2-6-18-13)12(17)16-11-7-10(14)4-3-9(11)8-15/h3-4,7H,2,5-6H2,1H3,(H,16,17). The Bertz CT molecular complexity index is 516. The van der Waals surface area contributed by atoms with Crippen molar-refractivity contribution in [2.45, 2.75) is 25.4 Å². The van der Waals surface area contributed by atoms with Gasteiger partial charge in [-0.2, -0.15) is 5.26 Å². The first kappa shape index (κ1) is 12.9. The molecule has 1 unspecified atom stereocenters. The molecule has 1 heterocycles. The predicted octanol–water partition coefficient (Wildman–Crippen LogP) is 2.72. The molecule has 1 aliphatic heterocycles. The molecule has 2 rings (SSSR count). The molecular weight excluding hydrogens is 252 g/mol. The van der Waals surface area contributed by atoms with E-state index < -0.39 is 5.60 Å². The fourth-order valence-corrected chi connectivity index (χ4v) is 2.10. The lowest BCUT2D eigenvalue weighted by Gasteiger charge is -2.22. The zero-order valence-corrected chi connectivity index (χ0v) is 10.8. The second kappa shape index (κ2) is 4.97. The second-order valence-corrected chi connectivity index (χ2v) is 4.88. The van der Waals surface area contributed by atoms with Gasteiger partial charge in [0.05, 0.1) is 11.3 Å². The van der Waals surface area contributed by atoms with E-state index in [4.69, 9.17) is 21.6 Å². The molecule has 94 valence electrons. The molecule has 1 fully saturated rings. The Labute approximate surface area is 111 Å². The molecule has 1 aromatic carbocycles. The van der Waals surface area contributed by atoms with Crippen molar-refractivity contribution < 1.29 is 9.53 Å². The van der Waals surface area contributed by atoms with Gasteiger partial charge in [-0.3, -0.25) is 4.79 Å². The highest BCUT2D eigenvalue weighted by molar-refractivity contribution is 6.31. The van der Waals surface area contributed by atoms with E-state index >= 15 is 0 Å². The lowest BCUT2D eigenvalue weighted by Crippen LogP contribution is -2.39. The summed E-state index contributed by atoms with van der Waals surface area (Å²) >= 11 is 5.86. The highest BCUT2D eigenvalue weighted by atomic mass is 35.5. The molecule has 18 heavy (non-hydrogen) atoms. The summed E-state index contributed by atoms with van der Waals surface area (Å²) in [6.45, 7) is 2.34. The highest BCUT2D eigenvalue weighted by Crippen LogP contribution is 2.28. The van der Waals surface area contributed by atoms with Crippen LogP contribution in [0.25, 0.3) is 0 Å². The molecule has 0 aromatic heterocycles. The summed E-state index contributed by atoms with van der Waals surface area (Å²) < 4.78 is 5.45. The molecule has 1 amide bonds. The Morgan fingerprint density at radius 2 is 2.39 bits per heavy atom. The van der Waals surface area contributed by atoms with Crippen LogP contribution in [0.3, 0.4) is 0 Å². The van der Waals surface area contributed by atoms with E-state index in [2.05, 4.69) is 5.32 Å². The Morgan fingerprint density at radius 1 is 1.61 bits per heavy atom. The van der Waals surface area contributed by atoms with Crippen molar-refractivity contribution in [2.75, 3.05) is 11.9 Å². The monoisotopic (exact) mass is 264 g/mol. The third-order valence-electron chi connectivity index (χ3n) is 3.05. The maximum atomic E-state index is 12.1. The number of nitrogens with zero attached hydrogens (tertiary/aromatic N) is 1. The molecule has 1 atom stereocenters. The van der Waals surface area contributed by atoms with Crippen molar-refractivity contribution >= 4 is 23.2 Å². The number of nitriles is 1. The van der Waals surface area contributed by atoms with E-state index in [-0.39, 0.29) is 5.91 Å². The Kier molecular flexibility index (Phi) is 3.55. The Balaban J connectivity index is 2.21. The van der Waals surface area contributed by atoms with Crippen molar-refractivity contribution in [3.05, 3.63) is 28.8 Å². The molecule has 0 aliphatic carbocycles. The summed E-state index contributed by atoms with van der Waals surface area (Å²) in [5.41, 5.74) is -0.00392. The molecular formula is C13H13ClN2O2. The van der Waals surface area contributed by atoms with Crippen LogP contribution in [0.5, 0.6) is 0 Å². The molecule has 4 nitrogen and oxygen atoms in total. The quantitative estimate of drug-likeness (QED) is 0.893. The number of amides is 1. The number of carbonyl (C=O) groups is 1. The Morgan fingerprint density at radius 3 is 3.00 bits per heavy atom. The number of halogens is 1. The number of nitrogens with one attached hydrogen (secondary N) is 1. The molecule has 0 saturated carbocycles. The SMILES string of the molecule is CC1(C(=O)Nc2cc(Cl)ccc2C#N)CCCO1. The lowest BCUT2D eigenvalue weighted by molar-refractivity contribution is -0.133. The second-order valence-electron chi connectivity index (χ2n) is 4.44. The fraction of sp³-hybridized carbons (Fsp3) is 0.385. The molecule has 1 aromatic rings. The van der Waals surface area contributed by atoms with E-state index in [0.717, 1.165) is 6.42 Å². The van der Waals surface area contributed by atoms with Crippen LogP contribution in [-0.2, 0) is 9.53 Å². The van der Waals surface area contributed by atoms with Crippen LogP contribution in [0, 0.1) is 11.3 Å². The molecule has 0 spiro atoms. The summed E-state index contributed by atoms with van der Waals surface area (Å²) in [5, 5.41) is 12.2. The summed E-state index contributed by atoms with van der Waals surface area (Å²) in [4.78, 5) is 12.1. The van der Waals surface area contributed by atoms with E-state index in [1.807, 2.05) is 6.07 Å². The molecule has 0 bridgehead atoms. The van der Waals surface area contributed by atoms with Gasteiger partial charge in [0.15, 0.2) is 0 Å². The minimum absolute atomic E-state index is 0.237. The number of hydrogen-bond acceptors (Lipinski definition) is 3. The van der Waals surface area contributed by atoms with Gasteiger partial charge in [0.1, 0.15) is 11.7 Å². The molecule has 5 heteroatoms. The third-order valence-corrected chi connectivity index (χ3v) is 3.28. The number of benzene rings is 1. The van der Waals surface area contributed by atoms with Crippen LogP contribution in [-0.4, -0.2) is 18.1 Å². The molecule has 0 radical (unpaired) electrons. The molecule has 1 aliphatic rings. The minimum atomic E-state index is -0.810. The molecule has 1 saturated heterocycles. The van der Waals surface area contributed by atoms with Gasteiger partial charge in [0.2, 0.25) is 0 Å². The minimum Gasteiger partial charge on any atom is -0.365 e. The summed E-state index contributed by atoms with van der Waals surface area (Å²) in [6.07, 6.45) is 1.55. The number of carbonyl (C=O) groups excluding carboxylic acids is 1. The maximum absolute atomic E-state index is 12.1. The first-order valence-electron chi connectivity index (χ1n) is 5.70. The van der Waals surface area contributed by atoms with Gasteiger partial charge in [-0.15, -0.1) is 0 Å². The van der Waals surface area contributed by atoms with Gasteiger partial charge in [-0.1, -0.05) is 11.6 Å². The van der Waals surface area contributed by atoms with Crippen molar-refractivity contribution in [1.29, 1.82) is 5.26 Å². The fourth-order valence-electron chi connectivity index (χ4n) is 1.93. The Hall–Kier alpha value is -1.57. The normalized spacial score (nSPS) is 22.5. The first-order valence-corrected chi connectivity index (χ1v) is 6.08. The zero-order valence-electron chi connectivity index (χ0n) is 10.00. The van der Waals surface area contributed by atoms with Crippen molar-refractivity contribution in [1.82, 2.24) is 0 Å². The van der Waals surface area contributed by atoms with Crippen LogP contribution in [0.1, 0.15) is 25.3 Å². The smallest absolute Gasteiger partial charge is 0.256 e. The largest absolute Gasteiger partial charge is 0.365 e. The van der Waals surface area contributed by atoms with Crippen molar-refractivity contribution in [2.24, 2.45) is 0 Å². The van der Waals surface area contributed by atoms with Gasteiger partial charge in [0.25, 0.3) is 5.91 Å². The van der Waals surface area contributed by atoms with Crippen LogP contribution in [0.4, 0.5) is 5.69 Å². The number of anilines is 1. The van der Waals surface area contributed by atoms with Crippen LogP contribution >= 0.6 is 11.6 Å². The van der Waals surface area contributed by atoms with Gasteiger partial charge in [-0.25, -0.2) is 0 Å². The van der Waals surface area contributed by atoms with E-state index in [1.54, 1.807) is 25.1 Å². The van der Waals surface area contributed by atoms with Gasteiger partial charge in [0, 0.05) is 11.6 Å². The molecule has 1 N–H and O–H groups in total. The van der Waals surface area contributed by atoms with Gasteiger partial charge in [-0.05, 0) is 38.0 Å². The lowest BCUT2D eigenvalue weighted by atomic mass is 10.0. The van der Waals surface area contributed by atoms with Gasteiger partial charge < -0.3 is 10.1 Å². The predicted molar refractivity (Wildman–Crippen MR) is 68.4 cm³/mol. The van der Waals surface area contributed by atoms with Crippen LogP contribution in [0.15, 0.2) is 18.2 Å². The number of rotatable bonds is 2. The van der Waals surface area contributed by atoms with Crippen molar-refractivity contribution in [3.8, 4) is 6.07 Å². The number of hydrogen-bond donors (Lipinski definition) is 1. The van der Waals surface area contributed by atoms with E-state index in [0.29, 0.717) is 29.3 Å². The van der Waals surface area contributed by atoms with E-state index in [9.17, 15) is 4.79 Å². The average Bonchev–Trinajstić information content (AvgIpc) is 2.78. The van der Waals surface area contributed by atoms with E-state index in [1.165, 1.54) is 0 Å². The zero-order chi connectivity index (χ0) is 13.2. The third kappa shape index (κ3) is 2.47. The summed E-state index contributed by atoms with van der Waals surface area (Å²) in [5.74, 6) is -0.237. The topological polar surface area (TPSA) is 62.1 Å².